The van der Waals surface area contributed by atoms with Gasteiger partial charge in [-0.1, -0.05) is 316 Å². The van der Waals surface area contributed by atoms with Crippen LogP contribution in [0.15, 0.2) is 369 Å². The van der Waals surface area contributed by atoms with Gasteiger partial charge in [-0.05, 0) is 181 Å². The highest BCUT2D eigenvalue weighted by atomic mass is 32.1. The molecule has 8 nitrogen and oxygen atoms in total. The van der Waals surface area contributed by atoms with E-state index in [0.29, 0.717) is 63.3 Å². The minimum atomic E-state index is -1.50. The predicted molar refractivity (Wildman–Crippen MR) is 486 cm³/mol. The number of rotatable bonds is 10. The van der Waals surface area contributed by atoms with Crippen molar-refractivity contribution in [3.8, 4) is 102 Å². The third-order valence-electron chi connectivity index (χ3n) is 22.0. The van der Waals surface area contributed by atoms with Crippen molar-refractivity contribution in [1.82, 2.24) is 39.9 Å². The number of thiophene rings is 1. The summed E-state index contributed by atoms with van der Waals surface area (Å²) >= 11 is 1.74. The van der Waals surface area contributed by atoms with Crippen LogP contribution in [-0.4, -0.2) is 47.9 Å². The molecule has 12 heteroatoms. The van der Waals surface area contributed by atoms with Crippen molar-refractivity contribution in [2.45, 2.75) is 19.6 Å². The van der Waals surface area contributed by atoms with Gasteiger partial charge in [-0.15, -0.1) is 11.3 Å². The van der Waals surface area contributed by atoms with Crippen molar-refractivity contribution < 1.29 is 8.78 Å². The lowest BCUT2D eigenvalue weighted by Crippen LogP contribution is -2.37. The average Bonchev–Trinajstić information content (AvgIpc) is 1.13. The Hall–Kier alpha value is -14.6. The molecule has 0 aliphatic heterocycles. The third kappa shape index (κ3) is 14.1. The average molecular weight is 1540 g/mol. The molecule has 0 atom stereocenters. The van der Waals surface area contributed by atoms with Crippen LogP contribution in [0.2, 0.25) is 19.6 Å². The van der Waals surface area contributed by atoms with Crippen molar-refractivity contribution in [3.63, 3.8) is 0 Å². The Morgan fingerprint density at radius 1 is 0.205 bits per heavy atom. The Labute approximate surface area is 678 Å². The SMILES string of the molecule is C[Si](C)(C)c1cccc(-c2nc(-c3ccccc3)nc(-c3ccc4ccc5c6ccccc6ccc5c4c3)n2)c1.Fc1cccc(-c2cc(-c3cccc(F)c3)nc(-c3ccc4ccc5c6ccccc6ccc5c4c3)n2)c1.c1ccc(-c2nc(-c3ccc4sccc4c3)nc(-c3ccc4ccc5c6ccccc6ccc5c4c3)n2)cc1. The van der Waals surface area contributed by atoms with Crippen LogP contribution in [-0.2, 0) is 0 Å². The molecule has 0 N–H and O–H groups in total. The molecule has 4 aromatic heterocycles. The topological polar surface area (TPSA) is 103 Å². The fourth-order valence-corrected chi connectivity index (χ4v) is 17.9. The summed E-state index contributed by atoms with van der Waals surface area (Å²) < 4.78 is 29.4. The summed E-state index contributed by atoms with van der Waals surface area (Å²) in [4.78, 5) is 39.6. The Kier molecular flexibility index (Phi) is 18.4. The molecule has 0 bridgehead atoms. The molecular formula is C105H70F2N8SSi. The first kappa shape index (κ1) is 71.5. The molecule has 0 saturated heterocycles. The number of aromatic nitrogens is 8. The fourth-order valence-electron chi connectivity index (χ4n) is 16.0. The number of nitrogens with zero attached hydrogens (tertiary/aromatic N) is 8. The Morgan fingerprint density at radius 3 is 0.915 bits per heavy atom. The summed E-state index contributed by atoms with van der Waals surface area (Å²) in [6.45, 7) is 7.09. The van der Waals surface area contributed by atoms with Crippen LogP contribution in [0.4, 0.5) is 8.78 Å². The quantitative estimate of drug-likeness (QED) is 0.0985. The molecule has 0 spiro atoms. The summed E-state index contributed by atoms with van der Waals surface area (Å²) in [5.74, 6) is 3.88. The molecule has 18 aromatic carbocycles. The molecule has 22 rings (SSSR count). The van der Waals surface area contributed by atoms with Gasteiger partial charge in [0.2, 0.25) is 0 Å². The number of benzene rings is 18. The lowest BCUT2D eigenvalue weighted by Gasteiger charge is -2.17. The van der Waals surface area contributed by atoms with Gasteiger partial charge in [0.25, 0.3) is 0 Å². The van der Waals surface area contributed by atoms with Gasteiger partial charge in [-0.25, -0.2) is 48.7 Å². The molecule has 117 heavy (non-hydrogen) atoms. The number of halogens is 2. The lowest BCUT2D eigenvalue weighted by molar-refractivity contribution is 0.628. The van der Waals surface area contributed by atoms with E-state index in [2.05, 4.69) is 274 Å². The molecule has 0 fully saturated rings. The molecular weight excluding hydrogens is 1470 g/mol. The maximum Gasteiger partial charge on any atom is 0.164 e. The number of hydrogen-bond acceptors (Lipinski definition) is 9. The summed E-state index contributed by atoms with van der Waals surface area (Å²) in [6.07, 6.45) is 0. The zero-order valence-electron chi connectivity index (χ0n) is 64.0. The van der Waals surface area contributed by atoms with Crippen molar-refractivity contribution in [3.05, 3.63) is 381 Å². The van der Waals surface area contributed by atoms with Gasteiger partial charge in [0, 0.05) is 54.8 Å². The summed E-state index contributed by atoms with van der Waals surface area (Å²) in [5, 5.41) is 26.4. The first-order valence-electron chi connectivity index (χ1n) is 39.0. The van der Waals surface area contributed by atoms with E-state index in [1.165, 1.54) is 120 Å². The van der Waals surface area contributed by atoms with Crippen LogP contribution in [0.3, 0.4) is 0 Å². The van der Waals surface area contributed by atoms with E-state index in [4.69, 9.17) is 39.9 Å². The van der Waals surface area contributed by atoms with Crippen molar-refractivity contribution in [2.24, 2.45) is 0 Å². The van der Waals surface area contributed by atoms with Crippen molar-refractivity contribution in [1.29, 1.82) is 0 Å². The third-order valence-corrected chi connectivity index (χ3v) is 24.9. The minimum absolute atomic E-state index is 0.348. The second kappa shape index (κ2) is 30.1. The van der Waals surface area contributed by atoms with E-state index in [1.807, 2.05) is 72.8 Å². The van der Waals surface area contributed by atoms with E-state index in [1.54, 1.807) is 29.5 Å². The fraction of sp³-hybridized carbons (Fsp3) is 0.0286. The van der Waals surface area contributed by atoms with Crippen molar-refractivity contribution in [2.75, 3.05) is 0 Å². The predicted octanol–water partition coefficient (Wildman–Crippen LogP) is 27.6. The monoisotopic (exact) mass is 1540 g/mol. The normalized spacial score (nSPS) is 11.6. The van der Waals surface area contributed by atoms with Gasteiger partial charge in [-0.2, -0.15) is 0 Å². The highest BCUT2D eigenvalue weighted by molar-refractivity contribution is 7.17. The van der Waals surface area contributed by atoms with Crippen LogP contribution in [0.25, 0.3) is 209 Å². The van der Waals surface area contributed by atoms with Crippen LogP contribution in [0.5, 0.6) is 0 Å². The van der Waals surface area contributed by atoms with Crippen LogP contribution >= 0.6 is 11.3 Å². The Balaban J connectivity index is 0.000000113. The molecule has 0 unspecified atom stereocenters. The highest BCUT2D eigenvalue weighted by Crippen LogP contribution is 2.40. The van der Waals surface area contributed by atoms with E-state index in [-0.39, 0.29) is 11.6 Å². The minimum Gasteiger partial charge on any atom is -0.228 e. The van der Waals surface area contributed by atoms with E-state index < -0.39 is 8.07 Å². The van der Waals surface area contributed by atoms with Crippen LogP contribution in [0.1, 0.15) is 0 Å². The number of fused-ring (bicyclic) bond motifs is 16. The zero-order valence-corrected chi connectivity index (χ0v) is 65.8. The van der Waals surface area contributed by atoms with Gasteiger partial charge in [0.05, 0.1) is 19.5 Å². The van der Waals surface area contributed by atoms with Gasteiger partial charge < -0.3 is 0 Å². The standard InChI is InChI=1S/C36H29N3Si.C35H21N3S.C34H20F2N2/c1-40(2,3)29-14-9-13-27(22-29)35-37-34(26-11-5-4-6-12-26)38-36(39-35)28-17-16-25-19-20-31-30-15-8-7-10-24(30)18-21-32(31)33(25)23-28;1-2-7-24(8-3-1)33-36-34(26-14-17-32-25(20-26)18-19-39-32)38-35(37-33)27-11-10-23-13-15-29-28-9-5-4-6-22(28)12-16-30(29)31(23)21-27;35-26-8-3-6-23(17-26)32-20-33(24-7-4-9-27(36)18-24)38-34(37-32)25-12-11-22-14-15-29-28-10-2-1-5-21(28)13-16-30(29)31(22)19-25/h4-23H,1-3H3;1-21H;1-20H. The zero-order chi connectivity index (χ0) is 78.7. The maximum atomic E-state index is 14.1. The Morgan fingerprint density at radius 2 is 0.513 bits per heavy atom. The molecule has 0 aliphatic rings. The van der Waals surface area contributed by atoms with Crippen LogP contribution < -0.4 is 5.19 Å². The summed E-state index contributed by atoms with van der Waals surface area (Å²) in [5.41, 5.74) is 9.13. The van der Waals surface area contributed by atoms with Crippen LogP contribution in [0, 0.1) is 11.6 Å². The Bertz CT molecular complexity index is 7620. The summed E-state index contributed by atoms with van der Waals surface area (Å²) in [7, 11) is -1.50. The second-order valence-electron chi connectivity index (χ2n) is 30.5. The van der Waals surface area contributed by atoms with Gasteiger partial charge in [0.15, 0.2) is 40.8 Å². The first-order valence-corrected chi connectivity index (χ1v) is 43.4. The lowest BCUT2D eigenvalue weighted by atomic mass is 9.96. The van der Waals surface area contributed by atoms with Gasteiger partial charge >= 0.3 is 0 Å². The number of hydrogen-bond donors (Lipinski definition) is 0. The second-order valence-corrected chi connectivity index (χ2v) is 36.5. The largest absolute Gasteiger partial charge is 0.228 e. The molecule has 4 heterocycles. The maximum absolute atomic E-state index is 14.1. The first-order chi connectivity index (χ1) is 57.4. The molecule has 0 amide bonds. The van der Waals surface area contributed by atoms with Gasteiger partial charge in [0.1, 0.15) is 11.6 Å². The molecule has 554 valence electrons. The van der Waals surface area contributed by atoms with Crippen molar-refractivity contribution >= 4 is 132 Å². The van der Waals surface area contributed by atoms with E-state index >= 15 is 0 Å². The molecule has 0 aliphatic carbocycles. The smallest absolute Gasteiger partial charge is 0.164 e. The molecule has 22 aromatic rings. The molecule has 0 saturated carbocycles. The molecule has 0 radical (unpaired) electrons. The van der Waals surface area contributed by atoms with E-state index in [9.17, 15) is 8.78 Å². The van der Waals surface area contributed by atoms with E-state index in [0.717, 1.165) is 55.1 Å². The summed E-state index contributed by atoms with van der Waals surface area (Å²) in [6, 6.07) is 123. The highest BCUT2D eigenvalue weighted by Gasteiger charge is 2.22. The van der Waals surface area contributed by atoms with Gasteiger partial charge in [-0.3, -0.25) is 0 Å².